The van der Waals surface area contributed by atoms with Gasteiger partial charge in [-0.3, -0.25) is 0 Å². The molecule has 0 radical (unpaired) electrons. The van der Waals surface area contributed by atoms with Crippen molar-refractivity contribution in [3.05, 3.63) is 94.8 Å². The first-order chi connectivity index (χ1) is 15.8. The van der Waals surface area contributed by atoms with Gasteiger partial charge in [-0.1, -0.05) is 30.3 Å². The Hall–Kier alpha value is -3.11. The fourth-order valence-electron chi connectivity index (χ4n) is 3.26. The molecule has 1 unspecified atom stereocenters. The lowest BCUT2D eigenvalue weighted by atomic mass is 9.96. The van der Waals surface area contributed by atoms with Crippen molar-refractivity contribution < 1.29 is 40.6 Å². The van der Waals surface area contributed by atoms with Crippen LogP contribution in [0.3, 0.4) is 0 Å². The molecule has 3 aromatic carbocycles. The highest BCUT2D eigenvalue weighted by Gasteiger charge is 2.38. The molecule has 0 aliphatic carbocycles. The van der Waals surface area contributed by atoms with E-state index < -0.39 is 42.4 Å². The zero-order valence-electron chi connectivity index (χ0n) is 17.7. The molecule has 10 heteroatoms. The van der Waals surface area contributed by atoms with Crippen molar-refractivity contribution in [3.63, 3.8) is 0 Å². The fourth-order valence-corrected chi connectivity index (χ4v) is 3.26. The van der Waals surface area contributed by atoms with Crippen LogP contribution >= 0.6 is 0 Å². The van der Waals surface area contributed by atoms with Crippen LogP contribution in [0.2, 0.25) is 0 Å². The van der Waals surface area contributed by atoms with Gasteiger partial charge >= 0.3 is 12.4 Å². The number of aliphatic hydroxyl groups excluding tert-OH is 1. The first-order valence-electron chi connectivity index (χ1n) is 10.0. The van der Waals surface area contributed by atoms with E-state index in [1.54, 1.807) is 24.3 Å². The maximum atomic E-state index is 14.7. The Morgan fingerprint density at radius 2 is 1.53 bits per heavy atom. The Kier molecular flexibility index (Phi) is 7.52. The van der Waals surface area contributed by atoms with Gasteiger partial charge in [-0.15, -0.1) is 0 Å². The van der Waals surface area contributed by atoms with E-state index in [1.807, 2.05) is 13.0 Å². The quantitative estimate of drug-likeness (QED) is 0.372. The molecule has 0 aromatic heterocycles. The number of halogens is 7. The predicted octanol–water partition coefficient (Wildman–Crippen LogP) is 6.55. The van der Waals surface area contributed by atoms with Crippen LogP contribution in [-0.2, 0) is 6.18 Å². The average molecular weight is 487 g/mol. The molecule has 0 heterocycles. The van der Waals surface area contributed by atoms with Gasteiger partial charge in [0, 0.05) is 12.1 Å². The smallest absolute Gasteiger partial charge is 0.416 e. The van der Waals surface area contributed by atoms with Crippen LogP contribution in [0.1, 0.15) is 28.3 Å². The van der Waals surface area contributed by atoms with Crippen molar-refractivity contribution in [3.8, 4) is 11.5 Å². The second kappa shape index (κ2) is 10.0. The number of ether oxygens (including phenoxy) is 1. The molecule has 2 atom stereocenters. The van der Waals surface area contributed by atoms with Crippen LogP contribution in [0, 0.1) is 12.7 Å². The minimum absolute atomic E-state index is 0.221. The summed E-state index contributed by atoms with van der Waals surface area (Å²) in [6, 6.07) is 13.5. The SMILES string of the molecule is Cc1cccc(Oc2cccc(C(NC[C@@H](O)C(F)(F)F)c3ccc(C(F)(F)F)cc3F)c2)c1. The largest absolute Gasteiger partial charge is 0.457 e. The monoisotopic (exact) mass is 487 g/mol. The van der Waals surface area contributed by atoms with Gasteiger partial charge < -0.3 is 15.2 Å². The molecule has 0 amide bonds. The first kappa shape index (κ1) is 25.5. The summed E-state index contributed by atoms with van der Waals surface area (Å²) >= 11 is 0. The molecule has 182 valence electrons. The van der Waals surface area contributed by atoms with Crippen LogP contribution in [0.5, 0.6) is 11.5 Å². The summed E-state index contributed by atoms with van der Waals surface area (Å²) in [5, 5.41) is 11.8. The van der Waals surface area contributed by atoms with Gasteiger partial charge in [-0.2, -0.15) is 26.3 Å². The van der Waals surface area contributed by atoms with Crippen LogP contribution in [0.15, 0.2) is 66.7 Å². The third-order valence-electron chi connectivity index (χ3n) is 4.95. The van der Waals surface area contributed by atoms with E-state index in [2.05, 4.69) is 5.32 Å². The summed E-state index contributed by atoms with van der Waals surface area (Å²) in [7, 11) is 0. The lowest BCUT2D eigenvalue weighted by Crippen LogP contribution is -2.40. The Morgan fingerprint density at radius 3 is 2.12 bits per heavy atom. The van der Waals surface area contributed by atoms with Crippen LogP contribution in [-0.4, -0.2) is 23.9 Å². The molecule has 2 N–H and O–H groups in total. The minimum atomic E-state index is -4.94. The number of rotatable bonds is 7. The summed E-state index contributed by atoms with van der Waals surface area (Å²) in [6.07, 6.45) is -12.5. The molecule has 3 rings (SSSR count). The van der Waals surface area contributed by atoms with Crippen LogP contribution in [0.25, 0.3) is 0 Å². The molecule has 3 aromatic rings. The Bertz CT molecular complexity index is 1130. The number of aryl methyl sites for hydroxylation is 1. The molecule has 0 spiro atoms. The van der Waals surface area contributed by atoms with Crippen molar-refractivity contribution >= 4 is 0 Å². The summed E-state index contributed by atoms with van der Waals surface area (Å²) in [5.74, 6) is -0.507. The lowest BCUT2D eigenvalue weighted by molar-refractivity contribution is -0.202. The maximum absolute atomic E-state index is 14.7. The summed E-state index contributed by atoms with van der Waals surface area (Å²) < 4.78 is 97.7. The number of aliphatic hydroxyl groups is 1. The fraction of sp³-hybridized carbons (Fsp3) is 0.250. The molecule has 3 nitrogen and oxygen atoms in total. The zero-order chi connectivity index (χ0) is 25.1. The minimum Gasteiger partial charge on any atom is -0.457 e. The standard InChI is InChI=1S/C24H20F7NO2/c1-14-4-2-6-17(10-14)34-18-7-3-5-15(11-18)22(32-13-21(33)24(29,30)31)19-9-8-16(12-20(19)25)23(26,27)28/h2-12,21-22,32-33H,13H2,1H3/t21-,22?/m1/s1. The number of alkyl halides is 6. The van der Waals surface area contributed by atoms with E-state index in [0.717, 1.165) is 11.6 Å². The molecule has 0 aliphatic heterocycles. The summed E-state index contributed by atoms with van der Waals surface area (Å²) in [4.78, 5) is 0. The second-order valence-corrected chi connectivity index (χ2v) is 7.62. The third-order valence-corrected chi connectivity index (χ3v) is 4.95. The lowest BCUT2D eigenvalue weighted by Gasteiger charge is -2.24. The van der Waals surface area contributed by atoms with Gasteiger partial charge in [0.05, 0.1) is 11.6 Å². The highest BCUT2D eigenvalue weighted by Crippen LogP contribution is 2.34. The van der Waals surface area contributed by atoms with Crippen molar-refractivity contribution in [1.82, 2.24) is 5.32 Å². The molecule has 0 saturated heterocycles. The van der Waals surface area contributed by atoms with Gasteiger partial charge in [-0.05, 0) is 54.4 Å². The van der Waals surface area contributed by atoms with Crippen molar-refractivity contribution in [2.75, 3.05) is 6.54 Å². The third kappa shape index (κ3) is 6.48. The van der Waals surface area contributed by atoms with E-state index in [-0.39, 0.29) is 22.9 Å². The maximum Gasteiger partial charge on any atom is 0.416 e. The van der Waals surface area contributed by atoms with Gasteiger partial charge in [0.2, 0.25) is 0 Å². The molecule has 34 heavy (non-hydrogen) atoms. The van der Waals surface area contributed by atoms with Crippen LogP contribution < -0.4 is 10.1 Å². The Morgan fingerprint density at radius 1 is 0.882 bits per heavy atom. The zero-order valence-corrected chi connectivity index (χ0v) is 17.7. The van der Waals surface area contributed by atoms with Gasteiger partial charge in [0.1, 0.15) is 17.3 Å². The average Bonchev–Trinajstić information content (AvgIpc) is 2.73. The molecule has 0 aliphatic rings. The number of hydrogen-bond acceptors (Lipinski definition) is 3. The van der Waals surface area contributed by atoms with Gasteiger partial charge in [-0.25, -0.2) is 4.39 Å². The van der Waals surface area contributed by atoms with E-state index in [4.69, 9.17) is 4.74 Å². The topological polar surface area (TPSA) is 41.5 Å². The van der Waals surface area contributed by atoms with Crippen LogP contribution in [0.4, 0.5) is 30.7 Å². The van der Waals surface area contributed by atoms with Crippen molar-refractivity contribution in [2.24, 2.45) is 0 Å². The summed E-state index contributed by atoms with van der Waals surface area (Å²) in [6.45, 7) is 0.834. The molecular weight excluding hydrogens is 467 g/mol. The normalized spacial score (nSPS) is 14.0. The second-order valence-electron chi connectivity index (χ2n) is 7.62. The first-order valence-corrected chi connectivity index (χ1v) is 10.0. The van der Waals surface area contributed by atoms with E-state index >= 15 is 0 Å². The van der Waals surface area contributed by atoms with Crippen molar-refractivity contribution in [2.45, 2.75) is 31.4 Å². The molecule has 0 saturated carbocycles. The highest BCUT2D eigenvalue weighted by atomic mass is 19.4. The highest BCUT2D eigenvalue weighted by molar-refractivity contribution is 5.41. The summed E-state index contributed by atoms with van der Waals surface area (Å²) in [5.41, 5.74) is -0.422. The van der Waals surface area contributed by atoms with Crippen molar-refractivity contribution in [1.29, 1.82) is 0 Å². The Labute approximate surface area is 190 Å². The van der Waals surface area contributed by atoms with Gasteiger partial charge in [0.25, 0.3) is 0 Å². The van der Waals surface area contributed by atoms with E-state index in [1.165, 1.54) is 18.2 Å². The van der Waals surface area contributed by atoms with E-state index in [0.29, 0.717) is 11.8 Å². The molecule has 0 fully saturated rings. The van der Waals surface area contributed by atoms with E-state index in [9.17, 15) is 35.8 Å². The molecular formula is C24H20F7NO2. The number of nitrogens with one attached hydrogen (secondary N) is 1. The number of hydrogen-bond donors (Lipinski definition) is 2. The number of benzene rings is 3. The molecule has 0 bridgehead atoms. The predicted molar refractivity (Wildman–Crippen MR) is 111 cm³/mol. The Balaban J connectivity index is 1.97. The van der Waals surface area contributed by atoms with Gasteiger partial charge in [0.15, 0.2) is 6.10 Å².